The fourth-order valence-electron chi connectivity index (χ4n) is 3.14. The van der Waals surface area contributed by atoms with Crippen LogP contribution in [0.15, 0.2) is 0 Å². The zero-order valence-corrected chi connectivity index (χ0v) is 13.2. The number of rotatable bonds is 4. The molecule has 2 N–H and O–H groups in total. The zero-order chi connectivity index (χ0) is 15.2. The average molecular weight is 296 g/mol. The van der Waals surface area contributed by atoms with E-state index in [1.165, 1.54) is 0 Å². The Morgan fingerprint density at radius 3 is 2.38 bits per heavy atom. The van der Waals surface area contributed by atoms with E-state index in [4.69, 9.17) is 0 Å². The van der Waals surface area contributed by atoms with Gasteiger partial charge in [-0.3, -0.25) is 14.5 Å². The van der Waals surface area contributed by atoms with E-state index < -0.39 is 0 Å². The molecule has 0 aromatic rings. The van der Waals surface area contributed by atoms with E-state index >= 15 is 0 Å². The Balaban J connectivity index is 1.75. The van der Waals surface area contributed by atoms with Gasteiger partial charge in [-0.05, 0) is 38.8 Å². The van der Waals surface area contributed by atoms with Crippen molar-refractivity contribution in [1.82, 2.24) is 20.4 Å². The van der Waals surface area contributed by atoms with Gasteiger partial charge in [0, 0.05) is 39.6 Å². The van der Waals surface area contributed by atoms with E-state index in [2.05, 4.69) is 15.5 Å². The normalized spacial score (nSPS) is 22.9. The molecule has 2 aliphatic heterocycles. The number of hydrogen-bond donors (Lipinski definition) is 2. The molecule has 6 heteroatoms. The molecule has 0 saturated carbocycles. The molecule has 1 unspecified atom stereocenters. The van der Waals surface area contributed by atoms with Crippen LogP contribution in [0.1, 0.15) is 26.7 Å². The first-order valence-electron chi connectivity index (χ1n) is 8.06. The highest BCUT2D eigenvalue weighted by Gasteiger charge is 2.29. The van der Waals surface area contributed by atoms with Crippen molar-refractivity contribution in [2.24, 2.45) is 5.92 Å². The van der Waals surface area contributed by atoms with Crippen LogP contribution in [0.2, 0.25) is 0 Å². The molecule has 1 atom stereocenters. The lowest BCUT2D eigenvalue weighted by Gasteiger charge is -2.38. The van der Waals surface area contributed by atoms with Gasteiger partial charge in [-0.1, -0.05) is 0 Å². The quantitative estimate of drug-likeness (QED) is 0.745. The molecule has 0 aliphatic carbocycles. The van der Waals surface area contributed by atoms with E-state index in [9.17, 15) is 9.59 Å². The van der Waals surface area contributed by atoms with Crippen LogP contribution in [0.4, 0.5) is 0 Å². The molecule has 2 fully saturated rings. The Morgan fingerprint density at radius 1 is 1.19 bits per heavy atom. The van der Waals surface area contributed by atoms with E-state index in [0.717, 1.165) is 58.7 Å². The van der Waals surface area contributed by atoms with Gasteiger partial charge in [0.25, 0.3) is 0 Å². The van der Waals surface area contributed by atoms with E-state index in [1.807, 2.05) is 11.8 Å². The highest BCUT2D eigenvalue weighted by molar-refractivity contribution is 5.81. The highest BCUT2D eigenvalue weighted by Crippen LogP contribution is 2.19. The lowest BCUT2D eigenvalue weighted by molar-refractivity contribution is -0.137. The topological polar surface area (TPSA) is 64.7 Å². The maximum absolute atomic E-state index is 12.5. The lowest BCUT2D eigenvalue weighted by atomic mass is 9.95. The van der Waals surface area contributed by atoms with Crippen molar-refractivity contribution in [3.05, 3.63) is 0 Å². The number of amides is 2. The molecular weight excluding hydrogens is 268 g/mol. The molecule has 2 amide bonds. The van der Waals surface area contributed by atoms with Crippen molar-refractivity contribution in [3.8, 4) is 0 Å². The fourth-order valence-corrected chi connectivity index (χ4v) is 3.14. The summed E-state index contributed by atoms with van der Waals surface area (Å²) >= 11 is 0. The first-order chi connectivity index (χ1) is 10.1. The molecule has 6 nitrogen and oxygen atoms in total. The third-order valence-electron chi connectivity index (χ3n) is 4.62. The minimum atomic E-state index is -0.0233. The highest BCUT2D eigenvalue weighted by atomic mass is 16.2. The monoisotopic (exact) mass is 296 g/mol. The fraction of sp³-hybridized carbons (Fsp3) is 0.867. The Labute approximate surface area is 127 Å². The maximum Gasteiger partial charge on any atom is 0.239 e. The largest absolute Gasteiger partial charge is 0.356 e. The molecular formula is C15H28N4O2. The van der Waals surface area contributed by atoms with Gasteiger partial charge in [0.2, 0.25) is 11.8 Å². The molecule has 0 bridgehead atoms. The van der Waals surface area contributed by atoms with Crippen molar-refractivity contribution in [3.63, 3.8) is 0 Å². The van der Waals surface area contributed by atoms with Gasteiger partial charge in [-0.15, -0.1) is 0 Å². The van der Waals surface area contributed by atoms with Crippen LogP contribution in [-0.2, 0) is 9.59 Å². The van der Waals surface area contributed by atoms with Gasteiger partial charge in [-0.2, -0.15) is 0 Å². The molecule has 120 valence electrons. The summed E-state index contributed by atoms with van der Waals surface area (Å²) in [7, 11) is 0. The molecule has 0 aromatic carbocycles. The van der Waals surface area contributed by atoms with Crippen LogP contribution >= 0.6 is 0 Å². The molecule has 2 heterocycles. The van der Waals surface area contributed by atoms with Gasteiger partial charge in [-0.25, -0.2) is 0 Å². The Hall–Kier alpha value is -1.14. The number of piperidine rings is 1. The number of hydrogen-bond acceptors (Lipinski definition) is 4. The van der Waals surface area contributed by atoms with Gasteiger partial charge >= 0.3 is 0 Å². The van der Waals surface area contributed by atoms with E-state index in [1.54, 1.807) is 6.92 Å². The van der Waals surface area contributed by atoms with E-state index in [-0.39, 0.29) is 17.9 Å². The smallest absolute Gasteiger partial charge is 0.239 e. The molecule has 0 aromatic heterocycles. The van der Waals surface area contributed by atoms with Crippen molar-refractivity contribution in [2.45, 2.75) is 32.7 Å². The summed E-state index contributed by atoms with van der Waals surface area (Å²) in [6, 6.07) is -0.0233. The van der Waals surface area contributed by atoms with Crippen LogP contribution in [0.5, 0.6) is 0 Å². The number of likely N-dealkylation sites (tertiary alicyclic amines) is 1. The van der Waals surface area contributed by atoms with Crippen LogP contribution in [0.25, 0.3) is 0 Å². The van der Waals surface area contributed by atoms with Crippen LogP contribution in [-0.4, -0.2) is 73.5 Å². The second-order valence-electron chi connectivity index (χ2n) is 6.17. The van der Waals surface area contributed by atoms with Crippen LogP contribution in [0.3, 0.4) is 0 Å². The number of nitrogens with one attached hydrogen (secondary N) is 2. The van der Waals surface area contributed by atoms with E-state index in [0.29, 0.717) is 5.92 Å². The summed E-state index contributed by atoms with van der Waals surface area (Å²) in [5.74, 6) is 0.850. The molecule has 2 rings (SSSR count). The maximum atomic E-state index is 12.5. The first kappa shape index (κ1) is 16.2. The molecule has 21 heavy (non-hydrogen) atoms. The summed E-state index contributed by atoms with van der Waals surface area (Å²) in [6.45, 7) is 9.69. The Bertz CT molecular complexity index is 361. The van der Waals surface area contributed by atoms with Crippen LogP contribution in [0, 0.1) is 5.92 Å². The third kappa shape index (κ3) is 4.68. The lowest BCUT2D eigenvalue weighted by Crippen LogP contribution is -2.54. The predicted molar refractivity (Wildman–Crippen MR) is 81.9 cm³/mol. The SMILES string of the molecule is CC(=O)NCC1CCN(C(C)C(=O)N2CCNCC2)CC1. The number of piperazine rings is 1. The molecule has 0 spiro atoms. The van der Waals surface area contributed by atoms with Gasteiger partial charge in [0.05, 0.1) is 6.04 Å². The van der Waals surface area contributed by atoms with Crippen molar-refractivity contribution >= 4 is 11.8 Å². The van der Waals surface area contributed by atoms with Gasteiger partial charge in [0.1, 0.15) is 0 Å². The minimum absolute atomic E-state index is 0.0233. The second kappa shape index (κ2) is 7.75. The van der Waals surface area contributed by atoms with Crippen molar-refractivity contribution in [2.75, 3.05) is 45.8 Å². The Morgan fingerprint density at radius 2 is 1.81 bits per heavy atom. The van der Waals surface area contributed by atoms with Crippen LogP contribution < -0.4 is 10.6 Å². The second-order valence-corrected chi connectivity index (χ2v) is 6.17. The number of carbonyl (C=O) groups excluding carboxylic acids is 2. The van der Waals surface area contributed by atoms with Gasteiger partial charge in [0.15, 0.2) is 0 Å². The number of nitrogens with zero attached hydrogens (tertiary/aromatic N) is 2. The minimum Gasteiger partial charge on any atom is -0.356 e. The summed E-state index contributed by atoms with van der Waals surface area (Å²) in [6.07, 6.45) is 2.11. The van der Waals surface area contributed by atoms with Crippen molar-refractivity contribution in [1.29, 1.82) is 0 Å². The van der Waals surface area contributed by atoms with Gasteiger partial charge < -0.3 is 15.5 Å². The number of carbonyl (C=O) groups is 2. The van der Waals surface area contributed by atoms with Crippen molar-refractivity contribution < 1.29 is 9.59 Å². The zero-order valence-electron chi connectivity index (χ0n) is 13.2. The molecule has 2 aliphatic rings. The summed E-state index contributed by atoms with van der Waals surface area (Å²) in [5, 5.41) is 6.17. The summed E-state index contributed by atoms with van der Waals surface area (Å²) in [5.41, 5.74) is 0. The predicted octanol–water partition coefficient (Wildman–Crippen LogP) is -0.345. The Kier molecular flexibility index (Phi) is 5.99. The first-order valence-corrected chi connectivity index (χ1v) is 8.06. The standard InChI is InChI=1S/C15H28N4O2/c1-12(15(21)19-9-5-16-6-10-19)18-7-3-14(4-8-18)11-17-13(2)20/h12,14,16H,3-11H2,1-2H3,(H,17,20). The molecule has 2 saturated heterocycles. The summed E-state index contributed by atoms with van der Waals surface area (Å²) in [4.78, 5) is 27.7. The summed E-state index contributed by atoms with van der Waals surface area (Å²) < 4.78 is 0. The molecule has 0 radical (unpaired) electrons. The third-order valence-corrected chi connectivity index (χ3v) is 4.62. The average Bonchev–Trinajstić information content (AvgIpc) is 2.53.